The third-order valence-corrected chi connectivity index (χ3v) is 5.09. The quantitative estimate of drug-likeness (QED) is 0.401. The van der Waals surface area contributed by atoms with Gasteiger partial charge in [-0.2, -0.15) is 5.10 Å². The van der Waals surface area contributed by atoms with Gasteiger partial charge in [0.2, 0.25) is 0 Å². The number of phenolic OH excluding ortho intramolecular Hbond substituents is 1. The fraction of sp³-hybridized carbons (Fsp3) is 0.0500. The Kier molecular flexibility index (Phi) is 4.33. The summed E-state index contributed by atoms with van der Waals surface area (Å²) >= 11 is 1.63. The van der Waals surface area contributed by atoms with Gasteiger partial charge in [0.05, 0.1) is 11.1 Å². The number of thiophene rings is 1. The molecule has 5 nitrogen and oxygen atoms in total. The van der Waals surface area contributed by atoms with Crippen molar-refractivity contribution in [2.75, 3.05) is 5.43 Å². The molecule has 2 aromatic heterocycles. The minimum absolute atomic E-state index is 0.235. The van der Waals surface area contributed by atoms with Crippen molar-refractivity contribution in [2.24, 2.45) is 5.10 Å². The highest BCUT2D eigenvalue weighted by atomic mass is 32.1. The van der Waals surface area contributed by atoms with E-state index in [9.17, 15) is 5.11 Å². The Labute approximate surface area is 154 Å². The number of fused-ring (bicyclic) bond motifs is 1. The Hall–Kier alpha value is -3.25. The summed E-state index contributed by atoms with van der Waals surface area (Å²) in [6.45, 7) is 1.90. The molecule has 2 N–H and O–H groups in total. The van der Waals surface area contributed by atoms with Crippen LogP contribution in [0.2, 0.25) is 0 Å². The number of rotatable bonds is 4. The van der Waals surface area contributed by atoms with Crippen LogP contribution in [0.5, 0.6) is 5.75 Å². The van der Waals surface area contributed by atoms with Crippen LogP contribution in [0, 0.1) is 0 Å². The van der Waals surface area contributed by atoms with Crippen LogP contribution in [0.15, 0.2) is 72.1 Å². The topological polar surface area (TPSA) is 70.4 Å². The Balaban J connectivity index is 1.65. The molecule has 0 aliphatic rings. The lowest BCUT2D eigenvalue weighted by Crippen LogP contribution is -2.01. The van der Waals surface area contributed by atoms with Crippen molar-refractivity contribution >= 4 is 33.1 Å². The maximum Gasteiger partial charge on any atom is 0.158 e. The van der Waals surface area contributed by atoms with Gasteiger partial charge in [-0.15, -0.1) is 11.3 Å². The van der Waals surface area contributed by atoms with E-state index in [2.05, 4.69) is 38.7 Å². The highest BCUT2D eigenvalue weighted by Crippen LogP contribution is 2.34. The zero-order chi connectivity index (χ0) is 17.9. The average molecular weight is 360 g/mol. The molecule has 2 heterocycles. The van der Waals surface area contributed by atoms with Gasteiger partial charge in [0.25, 0.3) is 0 Å². The lowest BCUT2D eigenvalue weighted by Gasteiger charge is -2.04. The van der Waals surface area contributed by atoms with Crippen molar-refractivity contribution in [1.82, 2.24) is 9.97 Å². The van der Waals surface area contributed by atoms with Gasteiger partial charge in [0, 0.05) is 4.88 Å². The maximum atomic E-state index is 9.39. The number of aromatic nitrogens is 2. The molecule has 0 unspecified atom stereocenters. The molecular weight excluding hydrogens is 344 g/mol. The number of hydrogen-bond acceptors (Lipinski definition) is 6. The molecule has 4 rings (SSSR count). The van der Waals surface area contributed by atoms with E-state index in [1.807, 2.05) is 37.3 Å². The first-order valence-electron chi connectivity index (χ1n) is 8.10. The molecule has 0 aliphatic heterocycles. The number of aromatic hydroxyl groups is 1. The van der Waals surface area contributed by atoms with E-state index < -0.39 is 0 Å². The molecule has 4 aromatic rings. The summed E-state index contributed by atoms with van der Waals surface area (Å²) in [5, 5.41) is 14.8. The zero-order valence-corrected chi connectivity index (χ0v) is 14.9. The molecule has 128 valence electrons. The fourth-order valence-corrected chi connectivity index (χ4v) is 3.60. The van der Waals surface area contributed by atoms with E-state index in [0.717, 1.165) is 31.9 Å². The average Bonchev–Trinajstić information content (AvgIpc) is 3.12. The van der Waals surface area contributed by atoms with E-state index in [0.29, 0.717) is 5.82 Å². The van der Waals surface area contributed by atoms with Crippen LogP contribution in [0.4, 0.5) is 5.82 Å². The van der Waals surface area contributed by atoms with Crippen LogP contribution < -0.4 is 5.43 Å². The fourth-order valence-electron chi connectivity index (χ4n) is 2.59. The Morgan fingerprint density at radius 3 is 2.58 bits per heavy atom. The predicted octanol–water partition coefficient (Wildman–Crippen LogP) is 4.90. The van der Waals surface area contributed by atoms with Crippen molar-refractivity contribution in [3.05, 3.63) is 72.6 Å². The van der Waals surface area contributed by atoms with Gasteiger partial charge in [-0.05, 0) is 48.4 Å². The number of anilines is 1. The second-order valence-corrected chi connectivity index (χ2v) is 6.80. The highest BCUT2D eigenvalue weighted by Gasteiger charge is 2.10. The normalized spacial score (nSPS) is 11.7. The lowest BCUT2D eigenvalue weighted by atomic mass is 10.1. The summed E-state index contributed by atoms with van der Waals surface area (Å²) < 4.78 is 0. The summed E-state index contributed by atoms with van der Waals surface area (Å²) in [7, 11) is 0. The van der Waals surface area contributed by atoms with Crippen molar-refractivity contribution in [3.8, 4) is 16.2 Å². The number of nitrogens with zero attached hydrogens (tertiary/aromatic N) is 3. The van der Waals surface area contributed by atoms with Crippen molar-refractivity contribution < 1.29 is 5.11 Å². The molecule has 0 aliphatic carbocycles. The number of phenols is 1. The largest absolute Gasteiger partial charge is 0.508 e. The molecule has 0 saturated heterocycles. The molecular formula is C20H16N4OS. The smallest absolute Gasteiger partial charge is 0.158 e. The van der Waals surface area contributed by atoms with Gasteiger partial charge < -0.3 is 5.11 Å². The summed E-state index contributed by atoms with van der Waals surface area (Å²) in [6.07, 6.45) is 1.54. The molecule has 6 heteroatoms. The van der Waals surface area contributed by atoms with Crippen LogP contribution in [0.25, 0.3) is 20.7 Å². The van der Waals surface area contributed by atoms with E-state index in [1.54, 1.807) is 29.8 Å². The Morgan fingerprint density at radius 2 is 1.81 bits per heavy atom. The van der Waals surface area contributed by atoms with Crippen molar-refractivity contribution in [2.45, 2.75) is 6.92 Å². The summed E-state index contributed by atoms with van der Waals surface area (Å²) in [5.41, 5.74) is 5.93. The minimum atomic E-state index is 0.235. The molecule has 0 bridgehead atoms. The van der Waals surface area contributed by atoms with Crippen LogP contribution in [-0.2, 0) is 0 Å². The number of benzene rings is 2. The van der Waals surface area contributed by atoms with Gasteiger partial charge in [0.1, 0.15) is 16.9 Å². The standard InChI is InChI=1S/C20H16N4OS/c1-13(14-7-9-16(25)10-8-14)23-24-19-17-11-18(15-5-3-2-4-6-15)26-20(17)22-12-21-19/h2-12,25H,1H3,(H,21,22,24)/b23-13+. The van der Waals surface area contributed by atoms with Crippen LogP contribution >= 0.6 is 11.3 Å². The van der Waals surface area contributed by atoms with E-state index in [1.165, 1.54) is 0 Å². The first-order chi connectivity index (χ1) is 12.7. The molecule has 0 spiro atoms. The number of hydrazone groups is 1. The summed E-state index contributed by atoms with van der Waals surface area (Å²) in [4.78, 5) is 10.8. The predicted molar refractivity (Wildman–Crippen MR) is 107 cm³/mol. The van der Waals surface area contributed by atoms with Gasteiger partial charge >= 0.3 is 0 Å². The monoisotopic (exact) mass is 360 g/mol. The van der Waals surface area contributed by atoms with Gasteiger partial charge in [0.15, 0.2) is 5.82 Å². The van der Waals surface area contributed by atoms with Crippen molar-refractivity contribution in [1.29, 1.82) is 0 Å². The second-order valence-electron chi connectivity index (χ2n) is 5.77. The van der Waals surface area contributed by atoms with Gasteiger partial charge in [-0.1, -0.05) is 30.3 Å². The van der Waals surface area contributed by atoms with Gasteiger partial charge in [-0.25, -0.2) is 9.97 Å². The summed E-state index contributed by atoms with van der Waals surface area (Å²) in [5.74, 6) is 0.908. The highest BCUT2D eigenvalue weighted by molar-refractivity contribution is 7.21. The van der Waals surface area contributed by atoms with Crippen LogP contribution in [-0.4, -0.2) is 20.8 Å². The number of hydrogen-bond donors (Lipinski definition) is 2. The molecule has 2 aromatic carbocycles. The third kappa shape index (κ3) is 3.27. The Bertz CT molecular complexity index is 1070. The van der Waals surface area contributed by atoms with E-state index in [-0.39, 0.29) is 5.75 Å². The molecule has 0 radical (unpaired) electrons. The first kappa shape index (κ1) is 16.2. The third-order valence-electron chi connectivity index (χ3n) is 4.00. The summed E-state index contributed by atoms with van der Waals surface area (Å²) in [6, 6.07) is 19.2. The van der Waals surface area contributed by atoms with Crippen LogP contribution in [0.3, 0.4) is 0 Å². The molecule has 26 heavy (non-hydrogen) atoms. The lowest BCUT2D eigenvalue weighted by molar-refractivity contribution is 0.475. The van der Waals surface area contributed by atoms with Gasteiger partial charge in [-0.3, -0.25) is 5.43 Å². The van der Waals surface area contributed by atoms with Crippen molar-refractivity contribution in [3.63, 3.8) is 0 Å². The second kappa shape index (κ2) is 6.93. The maximum absolute atomic E-state index is 9.39. The van der Waals surface area contributed by atoms with E-state index >= 15 is 0 Å². The zero-order valence-electron chi connectivity index (χ0n) is 14.0. The number of nitrogens with one attached hydrogen (secondary N) is 1. The molecule has 0 atom stereocenters. The Morgan fingerprint density at radius 1 is 1.04 bits per heavy atom. The van der Waals surface area contributed by atoms with Crippen LogP contribution in [0.1, 0.15) is 12.5 Å². The minimum Gasteiger partial charge on any atom is -0.508 e. The first-order valence-corrected chi connectivity index (χ1v) is 8.92. The molecule has 0 amide bonds. The van der Waals surface area contributed by atoms with E-state index in [4.69, 9.17) is 0 Å². The molecule has 0 fully saturated rings. The SMILES string of the molecule is C/C(=N\Nc1ncnc2sc(-c3ccccc3)cc12)c1ccc(O)cc1. The molecule has 0 saturated carbocycles.